The molecule has 0 fully saturated rings. The van der Waals surface area contributed by atoms with Gasteiger partial charge in [0, 0.05) is 15.8 Å². The molecule has 0 amide bonds. The van der Waals surface area contributed by atoms with Crippen LogP contribution in [0.15, 0.2) is 30.3 Å². The number of ether oxygens (including phenoxy) is 1. The van der Waals surface area contributed by atoms with Gasteiger partial charge in [-0.2, -0.15) is 0 Å². The molecule has 2 aromatic rings. The number of likely N-dealkylation sites (N-methyl/N-ethyl adjacent to an activating group) is 1. The van der Waals surface area contributed by atoms with Gasteiger partial charge < -0.3 is 10.1 Å². The first-order valence-corrected chi connectivity index (χ1v) is 7.32. The van der Waals surface area contributed by atoms with Crippen LogP contribution in [0.25, 0.3) is 0 Å². The maximum atomic E-state index is 5.19. The van der Waals surface area contributed by atoms with E-state index in [1.165, 1.54) is 20.9 Å². The molecule has 19 heavy (non-hydrogen) atoms. The minimum atomic E-state index is 0.380. The first-order chi connectivity index (χ1) is 9.13. The van der Waals surface area contributed by atoms with Crippen LogP contribution in [0.1, 0.15) is 26.9 Å². The van der Waals surface area contributed by atoms with Crippen molar-refractivity contribution in [2.24, 2.45) is 0 Å². The molecular formula is C16H21NOS. The summed E-state index contributed by atoms with van der Waals surface area (Å²) in [7, 11) is 3.72. The number of hydrogen-bond donors (Lipinski definition) is 1. The molecule has 1 aromatic heterocycles. The van der Waals surface area contributed by atoms with Crippen LogP contribution in [-0.4, -0.2) is 14.2 Å². The predicted molar refractivity (Wildman–Crippen MR) is 82.3 cm³/mol. The lowest BCUT2D eigenvalue weighted by molar-refractivity contribution is 0.414. The van der Waals surface area contributed by atoms with E-state index in [0.717, 1.165) is 12.2 Å². The van der Waals surface area contributed by atoms with Gasteiger partial charge in [-0.25, -0.2) is 0 Å². The van der Waals surface area contributed by atoms with Gasteiger partial charge in [0.2, 0.25) is 0 Å². The van der Waals surface area contributed by atoms with E-state index in [9.17, 15) is 0 Å². The molecule has 0 aliphatic heterocycles. The molecule has 0 saturated carbocycles. The lowest BCUT2D eigenvalue weighted by atomic mass is 10.0. The Labute approximate surface area is 119 Å². The molecule has 2 nitrogen and oxygen atoms in total. The Kier molecular flexibility index (Phi) is 4.61. The summed E-state index contributed by atoms with van der Waals surface area (Å²) < 4.78 is 5.19. The molecule has 0 aliphatic carbocycles. The summed E-state index contributed by atoms with van der Waals surface area (Å²) in [5.41, 5.74) is 2.71. The highest BCUT2D eigenvalue weighted by Crippen LogP contribution is 2.28. The summed E-state index contributed by atoms with van der Waals surface area (Å²) in [5.74, 6) is 0.910. The minimum absolute atomic E-state index is 0.380. The average Bonchev–Trinajstić information content (AvgIpc) is 2.76. The van der Waals surface area contributed by atoms with Gasteiger partial charge in [-0.3, -0.25) is 0 Å². The maximum absolute atomic E-state index is 5.19. The van der Waals surface area contributed by atoms with Crippen molar-refractivity contribution in [3.05, 3.63) is 51.2 Å². The van der Waals surface area contributed by atoms with Crippen molar-refractivity contribution in [1.82, 2.24) is 5.32 Å². The number of nitrogens with one attached hydrogen (secondary N) is 1. The van der Waals surface area contributed by atoms with Gasteiger partial charge in [-0.15, -0.1) is 11.3 Å². The Morgan fingerprint density at radius 3 is 2.37 bits per heavy atom. The molecule has 1 aromatic carbocycles. The summed E-state index contributed by atoms with van der Waals surface area (Å²) in [4.78, 5) is 2.82. The molecule has 0 aliphatic rings. The summed E-state index contributed by atoms with van der Waals surface area (Å²) in [6, 6.07) is 11.0. The van der Waals surface area contributed by atoms with Crippen LogP contribution < -0.4 is 10.1 Å². The minimum Gasteiger partial charge on any atom is -0.497 e. The van der Waals surface area contributed by atoms with Gasteiger partial charge in [0.25, 0.3) is 0 Å². The molecule has 1 heterocycles. The van der Waals surface area contributed by atoms with Gasteiger partial charge in [0.1, 0.15) is 5.75 Å². The molecule has 0 spiro atoms. The smallest absolute Gasteiger partial charge is 0.118 e. The highest BCUT2D eigenvalue weighted by Gasteiger charge is 2.13. The third-order valence-electron chi connectivity index (χ3n) is 3.48. The molecule has 1 unspecified atom stereocenters. The van der Waals surface area contributed by atoms with Crippen LogP contribution in [0.3, 0.4) is 0 Å². The van der Waals surface area contributed by atoms with Crippen molar-refractivity contribution in [1.29, 1.82) is 0 Å². The Bertz CT molecular complexity index is 511. The van der Waals surface area contributed by atoms with E-state index in [2.05, 4.69) is 37.4 Å². The standard InChI is InChI=1S/C16H21NOS/c1-11-9-16(19-12(11)2)15(17-3)10-13-5-7-14(18-4)8-6-13/h5-9,15,17H,10H2,1-4H3. The summed E-state index contributed by atoms with van der Waals surface area (Å²) in [6.07, 6.45) is 1.000. The fourth-order valence-electron chi connectivity index (χ4n) is 2.12. The van der Waals surface area contributed by atoms with Crippen molar-refractivity contribution in [2.45, 2.75) is 26.3 Å². The third kappa shape index (κ3) is 3.37. The van der Waals surface area contributed by atoms with Crippen molar-refractivity contribution in [2.75, 3.05) is 14.2 Å². The second kappa shape index (κ2) is 6.22. The van der Waals surface area contributed by atoms with Crippen LogP contribution >= 0.6 is 11.3 Å². The third-order valence-corrected chi connectivity index (χ3v) is 4.74. The zero-order valence-corrected chi connectivity index (χ0v) is 12.8. The van der Waals surface area contributed by atoms with E-state index >= 15 is 0 Å². The normalized spacial score (nSPS) is 12.4. The van der Waals surface area contributed by atoms with Crippen LogP contribution in [0.5, 0.6) is 5.75 Å². The zero-order chi connectivity index (χ0) is 13.8. The van der Waals surface area contributed by atoms with Gasteiger partial charge in [-0.1, -0.05) is 12.1 Å². The number of rotatable bonds is 5. The largest absolute Gasteiger partial charge is 0.497 e. The van der Waals surface area contributed by atoms with Gasteiger partial charge >= 0.3 is 0 Å². The number of methoxy groups -OCH3 is 1. The van der Waals surface area contributed by atoms with E-state index in [-0.39, 0.29) is 0 Å². The number of thiophene rings is 1. The Morgan fingerprint density at radius 1 is 1.21 bits per heavy atom. The second-order valence-corrected chi connectivity index (χ2v) is 6.07. The Balaban J connectivity index is 2.13. The van der Waals surface area contributed by atoms with E-state index in [1.54, 1.807) is 7.11 Å². The average molecular weight is 275 g/mol. The lowest BCUT2D eigenvalue weighted by Gasteiger charge is -2.14. The lowest BCUT2D eigenvalue weighted by Crippen LogP contribution is -2.17. The summed E-state index contributed by atoms with van der Waals surface area (Å²) >= 11 is 1.89. The van der Waals surface area contributed by atoms with Crippen molar-refractivity contribution < 1.29 is 4.74 Å². The molecule has 0 saturated heterocycles. The van der Waals surface area contributed by atoms with Crippen molar-refractivity contribution in [3.63, 3.8) is 0 Å². The van der Waals surface area contributed by atoms with E-state index in [1.807, 2.05) is 30.5 Å². The van der Waals surface area contributed by atoms with Crippen molar-refractivity contribution in [3.8, 4) is 5.75 Å². The number of benzene rings is 1. The van der Waals surface area contributed by atoms with Gasteiger partial charge in [-0.05, 0) is 56.6 Å². The highest BCUT2D eigenvalue weighted by atomic mass is 32.1. The molecule has 1 atom stereocenters. The summed E-state index contributed by atoms with van der Waals surface area (Å²) in [6.45, 7) is 4.36. The first kappa shape index (κ1) is 14.1. The van der Waals surface area contributed by atoms with Crippen LogP contribution in [0.2, 0.25) is 0 Å². The zero-order valence-electron chi connectivity index (χ0n) is 12.0. The Morgan fingerprint density at radius 2 is 1.89 bits per heavy atom. The monoisotopic (exact) mass is 275 g/mol. The molecule has 1 N–H and O–H groups in total. The molecule has 0 bridgehead atoms. The quantitative estimate of drug-likeness (QED) is 0.894. The second-order valence-electron chi connectivity index (χ2n) is 4.78. The van der Waals surface area contributed by atoms with E-state index < -0.39 is 0 Å². The van der Waals surface area contributed by atoms with Crippen LogP contribution in [-0.2, 0) is 6.42 Å². The number of aryl methyl sites for hydroxylation is 2. The predicted octanol–water partition coefficient (Wildman–Crippen LogP) is 3.88. The topological polar surface area (TPSA) is 21.3 Å². The fraction of sp³-hybridized carbons (Fsp3) is 0.375. The van der Waals surface area contributed by atoms with Gasteiger partial charge in [0.05, 0.1) is 7.11 Å². The fourth-order valence-corrected chi connectivity index (χ4v) is 3.27. The summed E-state index contributed by atoms with van der Waals surface area (Å²) in [5, 5.41) is 3.42. The molecule has 2 rings (SSSR count). The SMILES string of the molecule is CNC(Cc1ccc(OC)cc1)c1cc(C)c(C)s1. The first-order valence-electron chi connectivity index (χ1n) is 6.51. The molecular weight excluding hydrogens is 254 g/mol. The number of hydrogen-bond acceptors (Lipinski definition) is 3. The van der Waals surface area contributed by atoms with E-state index in [4.69, 9.17) is 4.74 Å². The van der Waals surface area contributed by atoms with Crippen molar-refractivity contribution >= 4 is 11.3 Å². The maximum Gasteiger partial charge on any atom is 0.118 e. The van der Waals surface area contributed by atoms with Crippen LogP contribution in [0, 0.1) is 13.8 Å². The highest BCUT2D eigenvalue weighted by molar-refractivity contribution is 7.12. The Hall–Kier alpha value is -1.32. The molecule has 102 valence electrons. The van der Waals surface area contributed by atoms with Crippen LogP contribution in [0.4, 0.5) is 0 Å². The molecule has 3 heteroatoms. The van der Waals surface area contributed by atoms with E-state index in [0.29, 0.717) is 6.04 Å². The molecule has 0 radical (unpaired) electrons. The van der Waals surface area contributed by atoms with Gasteiger partial charge in [0.15, 0.2) is 0 Å².